The number of rotatable bonds is 4. The Morgan fingerprint density at radius 2 is 2.07 bits per heavy atom. The van der Waals surface area contributed by atoms with Gasteiger partial charge in [-0.2, -0.15) is 0 Å². The highest BCUT2D eigenvalue weighted by Gasteiger charge is 2.25. The van der Waals surface area contributed by atoms with Gasteiger partial charge >= 0.3 is 0 Å². The Hall–Kier alpha value is -3.07. The number of ether oxygens (including phenoxy) is 1. The number of benzene rings is 1. The van der Waals surface area contributed by atoms with E-state index in [1.54, 1.807) is 18.0 Å². The number of nitrogens with zero attached hydrogens (tertiary/aromatic N) is 2. The van der Waals surface area contributed by atoms with Gasteiger partial charge in [0.1, 0.15) is 12.4 Å². The summed E-state index contributed by atoms with van der Waals surface area (Å²) in [4.78, 5) is 29.5. The third-order valence-electron chi connectivity index (χ3n) is 4.68. The number of nitrogens with one attached hydrogen (secondary N) is 1. The van der Waals surface area contributed by atoms with E-state index in [2.05, 4.69) is 22.1 Å². The zero-order valence-electron chi connectivity index (χ0n) is 15.4. The molecule has 1 aliphatic heterocycles. The van der Waals surface area contributed by atoms with Gasteiger partial charge in [-0.15, -0.1) is 0 Å². The molecule has 0 aliphatic carbocycles. The summed E-state index contributed by atoms with van der Waals surface area (Å²) in [7, 11) is 0. The third kappa shape index (κ3) is 5.20. The van der Waals surface area contributed by atoms with Crippen LogP contribution in [-0.4, -0.2) is 47.9 Å². The number of pyridine rings is 1. The molecule has 140 valence electrons. The zero-order chi connectivity index (χ0) is 19.1. The summed E-state index contributed by atoms with van der Waals surface area (Å²) in [5.41, 5.74) is 0.881. The van der Waals surface area contributed by atoms with Crippen LogP contribution in [0.3, 0.4) is 0 Å². The molecule has 0 unspecified atom stereocenters. The molecular weight excluding hydrogens is 342 g/mol. The predicted octanol–water partition coefficient (Wildman–Crippen LogP) is 1.99. The molecule has 0 saturated carbocycles. The predicted molar refractivity (Wildman–Crippen MR) is 103 cm³/mol. The van der Waals surface area contributed by atoms with Gasteiger partial charge in [0, 0.05) is 43.6 Å². The highest BCUT2D eigenvalue weighted by Crippen LogP contribution is 2.18. The fraction of sp³-hybridized carbons (Fsp3) is 0.381. The summed E-state index contributed by atoms with van der Waals surface area (Å²) in [5.74, 6) is 6.57. The number of fused-ring (bicyclic) bond motifs is 1. The number of hydrogen-bond donors (Lipinski definition) is 1. The molecular formula is C21H23N3O3. The average molecular weight is 365 g/mol. The number of aromatic nitrogens is 1. The minimum Gasteiger partial charge on any atom is -0.481 e. The smallest absolute Gasteiger partial charge is 0.223 e. The summed E-state index contributed by atoms with van der Waals surface area (Å²) in [5, 5.41) is 3.90. The summed E-state index contributed by atoms with van der Waals surface area (Å²) >= 11 is 0. The normalized spacial score (nSPS) is 14.3. The van der Waals surface area contributed by atoms with Crippen molar-refractivity contribution in [3.63, 3.8) is 0 Å². The lowest BCUT2D eigenvalue weighted by molar-refractivity contribution is -0.133. The molecule has 6 heteroatoms. The van der Waals surface area contributed by atoms with Crippen LogP contribution in [0.4, 0.5) is 0 Å². The first-order valence-electron chi connectivity index (χ1n) is 9.10. The van der Waals surface area contributed by atoms with Crippen LogP contribution in [-0.2, 0) is 9.59 Å². The lowest BCUT2D eigenvalue weighted by atomic mass is 9.96. The molecule has 6 nitrogen and oxygen atoms in total. The lowest BCUT2D eigenvalue weighted by Crippen LogP contribution is -2.42. The third-order valence-corrected chi connectivity index (χ3v) is 4.68. The van der Waals surface area contributed by atoms with Crippen LogP contribution in [0.15, 0.2) is 36.5 Å². The highest BCUT2D eigenvalue weighted by atomic mass is 16.5. The quantitative estimate of drug-likeness (QED) is 0.841. The van der Waals surface area contributed by atoms with Gasteiger partial charge in [0.05, 0.1) is 12.1 Å². The first kappa shape index (κ1) is 18.7. The first-order valence-corrected chi connectivity index (χ1v) is 9.10. The second kappa shape index (κ2) is 9.04. The molecule has 2 amide bonds. The second-order valence-corrected chi connectivity index (χ2v) is 6.50. The van der Waals surface area contributed by atoms with Crippen LogP contribution >= 0.6 is 0 Å². The molecule has 1 aromatic carbocycles. The van der Waals surface area contributed by atoms with Crippen molar-refractivity contribution in [2.45, 2.75) is 19.8 Å². The molecule has 1 N–H and O–H groups in total. The van der Waals surface area contributed by atoms with E-state index in [1.165, 1.54) is 0 Å². The van der Waals surface area contributed by atoms with Gasteiger partial charge in [0.15, 0.2) is 0 Å². The standard InChI is InChI=1S/C21H23N3O3/c1-16(25)24-12-8-18(9-13-24)21(26)23-10-2-3-14-27-19-7-6-17-5-4-11-22-20(17)15-19/h4-7,11,15,18H,8-10,12-14H2,1H3,(H,23,26). The van der Waals surface area contributed by atoms with Gasteiger partial charge in [0.2, 0.25) is 11.8 Å². The summed E-state index contributed by atoms with van der Waals surface area (Å²) in [6, 6.07) is 9.63. The Labute approximate surface area is 158 Å². The van der Waals surface area contributed by atoms with Crippen molar-refractivity contribution in [2.75, 3.05) is 26.2 Å². The Morgan fingerprint density at radius 3 is 2.85 bits per heavy atom. The summed E-state index contributed by atoms with van der Waals surface area (Å²) in [6.45, 7) is 3.41. The molecule has 1 fully saturated rings. The van der Waals surface area contributed by atoms with E-state index >= 15 is 0 Å². The van der Waals surface area contributed by atoms with Crippen LogP contribution in [0, 0.1) is 17.8 Å². The van der Waals surface area contributed by atoms with Gasteiger partial charge < -0.3 is 15.0 Å². The molecule has 0 bridgehead atoms. The van der Waals surface area contributed by atoms with E-state index in [9.17, 15) is 9.59 Å². The van der Waals surface area contributed by atoms with Crippen molar-refractivity contribution in [1.82, 2.24) is 15.2 Å². The van der Waals surface area contributed by atoms with Gasteiger partial charge in [0.25, 0.3) is 0 Å². The van der Waals surface area contributed by atoms with Crippen LogP contribution in [0.25, 0.3) is 10.9 Å². The van der Waals surface area contributed by atoms with Crippen molar-refractivity contribution in [3.8, 4) is 17.6 Å². The van der Waals surface area contributed by atoms with Crippen LogP contribution in [0.1, 0.15) is 19.8 Å². The van der Waals surface area contributed by atoms with Crippen molar-refractivity contribution < 1.29 is 14.3 Å². The van der Waals surface area contributed by atoms with Crippen LogP contribution < -0.4 is 10.1 Å². The molecule has 3 rings (SSSR count). The van der Waals surface area contributed by atoms with E-state index in [1.807, 2.05) is 30.3 Å². The Kier molecular flexibility index (Phi) is 6.26. The summed E-state index contributed by atoms with van der Waals surface area (Å²) in [6.07, 6.45) is 3.16. The number of carbonyl (C=O) groups excluding carboxylic acids is 2. The molecule has 0 atom stereocenters. The number of carbonyl (C=O) groups is 2. The average Bonchev–Trinajstić information content (AvgIpc) is 2.70. The van der Waals surface area contributed by atoms with Crippen LogP contribution in [0.5, 0.6) is 5.75 Å². The second-order valence-electron chi connectivity index (χ2n) is 6.50. The monoisotopic (exact) mass is 365 g/mol. The van der Waals surface area contributed by atoms with E-state index in [0.29, 0.717) is 32.5 Å². The van der Waals surface area contributed by atoms with Gasteiger partial charge in [-0.1, -0.05) is 17.9 Å². The zero-order valence-corrected chi connectivity index (χ0v) is 15.4. The fourth-order valence-corrected chi connectivity index (χ4v) is 3.10. The maximum atomic E-state index is 12.1. The lowest BCUT2D eigenvalue weighted by Gasteiger charge is -2.30. The Bertz CT molecular complexity index is 877. The molecule has 1 aromatic heterocycles. The van der Waals surface area contributed by atoms with E-state index in [4.69, 9.17) is 4.74 Å². The SMILES string of the molecule is CC(=O)N1CCC(C(=O)NCC#CCOc2ccc3cccnc3c2)CC1. The highest BCUT2D eigenvalue weighted by molar-refractivity contribution is 5.80. The maximum absolute atomic E-state index is 12.1. The van der Waals surface area contributed by atoms with Crippen molar-refractivity contribution >= 4 is 22.7 Å². The first-order chi connectivity index (χ1) is 13.1. The molecule has 2 aromatic rings. The Morgan fingerprint density at radius 1 is 1.26 bits per heavy atom. The number of piperidine rings is 1. The molecule has 1 aliphatic rings. The molecule has 2 heterocycles. The van der Waals surface area contributed by atoms with Gasteiger partial charge in [-0.25, -0.2) is 0 Å². The number of amides is 2. The number of hydrogen-bond acceptors (Lipinski definition) is 4. The molecule has 0 radical (unpaired) electrons. The largest absolute Gasteiger partial charge is 0.481 e. The van der Waals surface area contributed by atoms with Gasteiger partial charge in [-0.3, -0.25) is 14.6 Å². The maximum Gasteiger partial charge on any atom is 0.223 e. The minimum absolute atomic E-state index is 0.00836. The fourth-order valence-electron chi connectivity index (χ4n) is 3.10. The van der Waals surface area contributed by atoms with E-state index in [0.717, 1.165) is 16.7 Å². The van der Waals surface area contributed by atoms with Gasteiger partial charge in [-0.05, 0) is 31.0 Å². The summed E-state index contributed by atoms with van der Waals surface area (Å²) < 4.78 is 5.61. The Balaban J connectivity index is 1.38. The van der Waals surface area contributed by atoms with Crippen molar-refractivity contribution in [1.29, 1.82) is 0 Å². The number of likely N-dealkylation sites (tertiary alicyclic amines) is 1. The van der Waals surface area contributed by atoms with Crippen molar-refractivity contribution in [3.05, 3.63) is 36.5 Å². The minimum atomic E-state index is -0.0382. The van der Waals surface area contributed by atoms with E-state index in [-0.39, 0.29) is 24.3 Å². The van der Waals surface area contributed by atoms with Crippen LogP contribution in [0.2, 0.25) is 0 Å². The topological polar surface area (TPSA) is 71.5 Å². The molecule has 1 saturated heterocycles. The molecule has 27 heavy (non-hydrogen) atoms. The molecule has 0 spiro atoms. The van der Waals surface area contributed by atoms with E-state index < -0.39 is 0 Å². The van der Waals surface area contributed by atoms with Crippen molar-refractivity contribution in [2.24, 2.45) is 5.92 Å².